The van der Waals surface area contributed by atoms with Crippen molar-refractivity contribution in [2.24, 2.45) is 0 Å². The van der Waals surface area contributed by atoms with Crippen LogP contribution in [0.1, 0.15) is 0 Å². The van der Waals surface area contributed by atoms with Crippen molar-refractivity contribution in [2.45, 2.75) is 0 Å². The molecule has 2 heterocycles. The maximum absolute atomic E-state index is 8.24. The van der Waals surface area contributed by atoms with Crippen LogP contribution in [0.4, 0.5) is 0 Å². The van der Waals surface area contributed by atoms with E-state index in [0.29, 0.717) is 0 Å². The molecule has 4 unspecified atom stereocenters. The van der Waals surface area contributed by atoms with E-state index in [1.165, 1.54) is 51.6 Å². The summed E-state index contributed by atoms with van der Waals surface area (Å²) in [6.45, 7) is 11.8. The molecule has 4 atom stereocenters. The molecule has 0 aromatic heterocycles. The first kappa shape index (κ1) is 20.7. The molecule has 2 rings (SSSR count). The van der Waals surface area contributed by atoms with Crippen LogP contribution in [0.3, 0.4) is 0 Å². The molecule has 2 aliphatic heterocycles. The van der Waals surface area contributed by atoms with E-state index in [1.54, 1.807) is 0 Å². The Balaban J connectivity index is 1.77. The van der Waals surface area contributed by atoms with Crippen LogP contribution in [0.25, 0.3) is 0 Å². The van der Waals surface area contributed by atoms with Gasteiger partial charge in [-0.3, -0.25) is 9.34 Å². The standard InChI is InChI=1S/C14H35N5P4/c15-23-13-9-17(4-6-19(21)10-14-23)2-1-16-3-5-18(20)8-12-22-11-7-16/h15,22-23H,1-14,20-21H2. The molecule has 0 saturated carbocycles. The summed E-state index contributed by atoms with van der Waals surface area (Å²) in [5.74, 6) is 0. The predicted octanol–water partition coefficient (Wildman–Crippen LogP) is 1.46. The second-order valence-electron chi connectivity index (χ2n) is 6.61. The van der Waals surface area contributed by atoms with Gasteiger partial charge in [-0.05, 0) is 32.4 Å². The van der Waals surface area contributed by atoms with Crippen molar-refractivity contribution in [3.05, 3.63) is 0 Å². The molecule has 0 radical (unpaired) electrons. The number of hydrogen-bond acceptors (Lipinski definition) is 5. The number of rotatable bonds is 3. The van der Waals surface area contributed by atoms with Crippen LogP contribution in [0.5, 0.6) is 0 Å². The first-order chi connectivity index (χ1) is 11.1. The summed E-state index contributed by atoms with van der Waals surface area (Å²) in [5.41, 5.74) is 0. The molecule has 0 aliphatic carbocycles. The Hall–Kier alpha value is 1.36. The normalized spacial score (nSPS) is 30.1. The Kier molecular flexibility index (Phi) is 10.7. The summed E-state index contributed by atoms with van der Waals surface area (Å²) in [4.78, 5) is 5.27. The van der Waals surface area contributed by atoms with Crippen LogP contribution < -0.4 is 0 Å². The van der Waals surface area contributed by atoms with Gasteiger partial charge >= 0.3 is 0 Å². The molecule has 5 nitrogen and oxygen atoms in total. The highest BCUT2D eigenvalue weighted by atomic mass is 31.1. The molecule has 0 aromatic rings. The molecule has 1 N–H and O–H groups in total. The Morgan fingerprint density at radius 1 is 0.739 bits per heavy atom. The topological polar surface area (TPSA) is 36.8 Å². The summed E-state index contributed by atoms with van der Waals surface area (Å²) >= 11 is 0. The fraction of sp³-hybridized carbons (Fsp3) is 1.00. The highest BCUT2D eigenvalue weighted by molar-refractivity contribution is 7.46. The summed E-state index contributed by atoms with van der Waals surface area (Å²) in [6, 6.07) is 0. The third kappa shape index (κ3) is 9.03. The molecule has 23 heavy (non-hydrogen) atoms. The molecule has 2 fully saturated rings. The summed E-state index contributed by atoms with van der Waals surface area (Å²) < 4.78 is 4.75. The maximum atomic E-state index is 8.24. The van der Waals surface area contributed by atoms with Crippen LogP contribution in [0.15, 0.2) is 0 Å². The smallest absolute Gasteiger partial charge is 0.0144 e. The van der Waals surface area contributed by atoms with Gasteiger partial charge in [0.2, 0.25) is 0 Å². The number of nitrogens with one attached hydrogen (secondary N) is 1. The molecule has 2 saturated heterocycles. The lowest BCUT2D eigenvalue weighted by Gasteiger charge is -2.28. The van der Waals surface area contributed by atoms with E-state index in [0.717, 1.165) is 47.1 Å². The van der Waals surface area contributed by atoms with Gasteiger partial charge in [0.05, 0.1) is 0 Å². The largest absolute Gasteiger partial charge is 0.321 e. The first-order valence-corrected chi connectivity index (χ1v) is 13.2. The highest BCUT2D eigenvalue weighted by Crippen LogP contribution is 2.23. The first-order valence-electron chi connectivity index (χ1n) is 8.84. The van der Waals surface area contributed by atoms with Crippen LogP contribution in [0, 0.1) is 5.16 Å². The van der Waals surface area contributed by atoms with Gasteiger partial charge in [-0.1, -0.05) is 18.8 Å². The van der Waals surface area contributed by atoms with Crippen molar-refractivity contribution < 1.29 is 0 Å². The fourth-order valence-corrected chi connectivity index (χ4v) is 6.57. The minimum Gasteiger partial charge on any atom is -0.321 e. The summed E-state index contributed by atoms with van der Waals surface area (Å²) in [6.07, 6.45) is 4.97. The van der Waals surface area contributed by atoms with Gasteiger partial charge < -0.3 is 15.0 Å². The van der Waals surface area contributed by atoms with Gasteiger partial charge in [0.25, 0.3) is 0 Å². The minimum atomic E-state index is -0.873. The van der Waals surface area contributed by atoms with Crippen LogP contribution in [-0.2, 0) is 0 Å². The molecular formula is C14H35N5P4. The molecule has 0 spiro atoms. The SMILES string of the molecule is N=[PH]1CCN(P)CCN(CCN2CCPCCN(P)CC2)CC1. The summed E-state index contributed by atoms with van der Waals surface area (Å²) in [7, 11) is 5.99. The zero-order valence-corrected chi connectivity index (χ0v) is 18.7. The average molecular weight is 397 g/mol. The van der Waals surface area contributed by atoms with Crippen molar-refractivity contribution >= 4 is 35.1 Å². The lowest BCUT2D eigenvalue weighted by molar-refractivity contribution is 0.205. The van der Waals surface area contributed by atoms with Crippen molar-refractivity contribution in [1.29, 1.82) is 5.16 Å². The molecule has 0 bridgehead atoms. The summed E-state index contributed by atoms with van der Waals surface area (Å²) in [5, 5.41) is 8.24. The lowest BCUT2D eigenvalue weighted by Crippen LogP contribution is -2.41. The van der Waals surface area contributed by atoms with Gasteiger partial charge in [-0.25, -0.2) is 0 Å². The van der Waals surface area contributed by atoms with E-state index in [2.05, 4.69) is 37.9 Å². The van der Waals surface area contributed by atoms with Crippen molar-refractivity contribution in [3.8, 4) is 0 Å². The van der Waals surface area contributed by atoms with Gasteiger partial charge in [0, 0.05) is 65.4 Å². The van der Waals surface area contributed by atoms with Crippen molar-refractivity contribution in [3.63, 3.8) is 0 Å². The number of hydrogen-bond donors (Lipinski definition) is 1. The molecule has 9 heteroatoms. The van der Waals surface area contributed by atoms with Gasteiger partial charge in [-0.2, -0.15) is 0 Å². The van der Waals surface area contributed by atoms with Gasteiger partial charge in [0.15, 0.2) is 0 Å². The quantitative estimate of drug-likeness (QED) is 0.732. The maximum Gasteiger partial charge on any atom is 0.0144 e. The monoisotopic (exact) mass is 397 g/mol. The van der Waals surface area contributed by atoms with E-state index in [-0.39, 0.29) is 0 Å². The fourth-order valence-electron chi connectivity index (χ4n) is 3.00. The minimum absolute atomic E-state index is 0.873. The second-order valence-corrected chi connectivity index (χ2v) is 11.8. The van der Waals surface area contributed by atoms with Gasteiger partial charge in [0.1, 0.15) is 0 Å². The Bertz CT molecular complexity index is 360. The van der Waals surface area contributed by atoms with E-state index in [9.17, 15) is 0 Å². The van der Waals surface area contributed by atoms with E-state index in [4.69, 9.17) is 5.16 Å². The van der Waals surface area contributed by atoms with Crippen LogP contribution >= 0.6 is 35.1 Å². The molecular weight excluding hydrogens is 362 g/mol. The lowest BCUT2D eigenvalue weighted by atomic mass is 10.4. The Morgan fingerprint density at radius 2 is 1.30 bits per heavy atom. The van der Waals surface area contributed by atoms with Crippen LogP contribution in [-0.4, -0.2) is 109 Å². The van der Waals surface area contributed by atoms with Crippen molar-refractivity contribution in [2.75, 3.05) is 90.1 Å². The van der Waals surface area contributed by atoms with Crippen molar-refractivity contribution in [1.82, 2.24) is 19.1 Å². The number of nitrogens with zero attached hydrogens (tertiary/aromatic N) is 4. The molecule has 2 aliphatic rings. The third-order valence-corrected chi connectivity index (χ3v) is 8.59. The Morgan fingerprint density at radius 3 is 2.04 bits per heavy atom. The third-order valence-electron chi connectivity index (χ3n) is 4.75. The average Bonchev–Trinajstić information content (AvgIpc) is 2.69. The van der Waals surface area contributed by atoms with E-state index >= 15 is 0 Å². The predicted molar refractivity (Wildman–Crippen MR) is 114 cm³/mol. The van der Waals surface area contributed by atoms with Crippen LogP contribution in [0.2, 0.25) is 0 Å². The zero-order valence-electron chi connectivity index (χ0n) is 14.3. The van der Waals surface area contributed by atoms with E-state index in [1.807, 2.05) is 0 Å². The highest BCUT2D eigenvalue weighted by Gasteiger charge is 2.14. The van der Waals surface area contributed by atoms with Gasteiger partial charge in [-0.15, -0.1) is 8.58 Å². The molecule has 0 aromatic carbocycles. The molecule has 0 amide bonds. The zero-order chi connectivity index (χ0) is 16.5. The second kappa shape index (κ2) is 11.9. The molecule has 136 valence electrons. The Labute approximate surface area is 149 Å². The van der Waals surface area contributed by atoms with E-state index < -0.39 is 7.71 Å².